The Morgan fingerprint density at radius 1 is 1.32 bits per heavy atom. The third-order valence-electron chi connectivity index (χ3n) is 3.64. The van der Waals surface area contributed by atoms with Gasteiger partial charge in [0.1, 0.15) is 0 Å². The lowest BCUT2D eigenvalue weighted by molar-refractivity contribution is 0.545. The Labute approximate surface area is 114 Å². The van der Waals surface area contributed by atoms with Crippen LogP contribution in [0.1, 0.15) is 34.1 Å². The third-order valence-corrected chi connectivity index (χ3v) is 3.64. The van der Waals surface area contributed by atoms with E-state index in [0.29, 0.717) is 0 Å². The molecule has 2 rings (SSSR count). The van der Waals surface area contributed by atoms with E-state index in [4.69, 9.17) is 5.84 Å². The van der Waals surface area contributed by atoms with E-state index in [2.05, 4.69) is 48.6 Å². The van der Waals surface area contributed by atoms with E-state index in [9.17, 15) is 0 Å². The van der Waals surface area contributed by atoms with E-state index >= 15 is 0 Å². The van der Waals surface area contributed by atoms with Crippen LogP contribution in [-0.2, 0) is 13.5 Å². The molecule has 0 aliphatic rings. The van der Waals surface area contributed by atoms with Crippen LogP contribution in [0.15, 0.2) is 24.3 Å². The average molecular weight is 258 g/mol. The minimum atomic E-state index is 0.0931. The van der Waals surface area contributed by atoms with Crippen molar-refractivity contribution < 1.29 is 0 Å². The van der Waals surface area contributed by atoms with E-state index < -0.39 is 0 Å². The second-order valence-electron chi connectivity index (χ2n) is 5.12. The van der Waals surface area contributed by atoms with Crippen molar-refractivity contribution in [3.8, 4) is 0 Å². The van der Waals surface area contributed by atoms with Crippen molar-refractivity contribution in [1.29, 1.82) is 0 Å². The number of benzene rings is 1. The molecule has 1 atom stereocenters. The van der Waals surface area contributed by atoms with Gasteiger partial charge in [-0.25, -0.2) is 0 Å². The van der Waals surface area contributed by atoms with Gasteiger partial charge in [0.15, 0.2) is 0 Å². The molecule has 1 heterocycles. The summed E-state index contributed by atoms with van der Waals surface area (Å²) in [4.78, 5) is 0. The monoisotopic (exact) mass is 258 g/mol. The summed E-state index contributed by atoms with van der Waals surface area (Å²) in [5, 5.41) is 4.46. The first-order valence-corrected chi connectivity index (χ1v) is 6.54. The third kappa shape index (κ3) is 2.85. The van der Waals surface area contributed by atoms with Crippen molar-refractivity contribution in [3.63, 3.8) is 0 Å². The topological polar surface area (TPSA) is 55.9 Å². The Morgan fingerprint density at radius 2 is 2.05 bits per heavy atom. The molecule has 4 heteroatoms. The number of nitrogens with zero attached hydrogens (tertiary/aromatic N) is 2. The molecule has 1 aromatic heterocycles. The highest BCUT2D eigenvalue weighted by atomic mass is 15.3. The molecule has 19 heavy (non-hydrogen) atoms. The number of aryl methyl sites for hydroxylation is 3. The zero-order valence-corrected chi connectivity index (χ0v) is 12.1. The molecule has 0 aliphatic heterocycles. The number of nitrogens with two attached hydrogens (primary N) is 1. The lowest BCUT2D eigenvalue weighted by Crippen LogP contribution is -2.30. The van der Waals surface area contributed by atoms with Gasteiger partial charge in [0.2, 0.25) is 0 Å². The summed E-state index contributed by atoms with van der Waals surface area (Å²) >= 11 is 0. The van der Waals surface area contributed by atoms with Crippen LogP contribution in [0.3, 0.4) is 0 Å². The van der Waals surface area contributed by atoms with Crippen LogP contribution in [0.5, 0.6) is 0 Å². The number of hydrogen-bond acceptors (Lipinski definition) is 3. The molecule has 1 aromatic carbocycles. The highest BCUT2D eigenvalue weighted by Gasteiger charge is 2.19. The molecule has 102 valence electrons. The second kappa shape index (κ2) is 5.55. The van der Waals surface area contributed by atoms with Crippen LogP contribution >= 0.6 is 0 Å². The van der Waals surface area contributed by atoms with Gasteiger partial charge >= 0.3 is 0 Å². The molecule has 0 spiro atoms. The van der Waals surface area contributed by atoms with E-state index in [1.54, 1.807) is 0 Å². The maximum Gasteiger partial charge on any atom is 0.0644 e. The Hall–Kier alpha value is -1.65. The number of hydrazine groups is 1. The normalized spacial score (nSPS) is 12.7. The zero-order chi connectivity index (χ0) is 14.0. The fourth-order valence-corrected chi connectivity index (χ4v) is 2.61. The summed E-state index contributed by atoms with van der Waals surface area (Å²) in [5.41, 5.74) is 8.88. The van der Waals surface area contributed by atoms with Crippen LogP contribution in [0.25, 0.3) is 0 Å². The average Bonchev–Trinajstić information content (AvgIpc) is 2.61. The molecule has 0 saturated carbocycles. The van der Waals surface area contributed by atoms with Gasteiger partial charge in [-0.05, 0) is 32.8 Å². The van der Waals surface area contributed by atoms with Crippen molar-refractivity contribution in [1.82, 2.24) is 15.2 Å². The minimum Gasteiger partial charge on any atom is -0.272 e. The van der Waals surface area contributed by atoms with Crippen LogP contribution in [0.2, 0.25) is 0 Å². The van der Waals surface area contributed by atoms with Crippen molar-refractivity contribution >= 4 is 0 Å². The van der Waals surface area contributed by atoms with Crippen LogP contribution in [-0.4, -0.2) is 9.78 Å². The fraction of sp³-hybridized carbons (Fsp3) is 0.400. The molecular formula is C15H22N4. The lowest BCUT2D eigenvalue weighted by Gasteiger charge is -2.17. The molecule has 0 saturated heterocycles. The molecule has 0 bridgehead atoms. The minimum absolute atomic E-state index is 0.0931. The smallest absolute Gasteiger partial charge is 0.0644 e. The van der Waals surface area contributed by atoms with E-state index in [1.807, 2.05) is 18.7 Å². The van der Waals surface area contributed by atoms with Gasteiger partial charge in [0, 0.05) is 18.3 Å². The first-order valence-electron chi connectivity index (χ1n) is 6.54. The summed E-state index contributed by atoms with van der Waals surface area (Å²) < 4.78 is 1.91. The standard InChI is InChI=1S/C15H22N4/c1-10-6-5-7-13(8-10)9-14(17-16)15-11(2)18-19(4)12(15)3/h5-8,14,17H,9,16H2,1-4H3. The molecule has 4 nitrogen and oxygen atoms in total. The van der Waals surface area contributed by atoms with Crippen LogP contribution < -0.4 is 11.3 Å². The quantitative estimate of drug-likeness (QED) is 0.652. The Morgan fingerprint density at radius 3 is 2.58 bits per heavy atom. The second-order valence-corrected chi connectivity index (χ2v) is 5.12. The highest BCUT2D eigenvalue weighted by Crippen LogP contribution is 2.24. The first kappa shape index (κ1) is 13.8. The van der Waals surface area contributed by atoms with Gasteiger partial charge in [-0.3, -0.25) is 16.0 Å². The molecular weight excluding hydrogens is 236 g/mol. The first-order chi connectivity index (χ1) is 9.02. The number of aromatic nitrogens is 2. The van der Waals surface area contributed by atoms with Crippen LogP contribution in [0, 0.1) is 20.8 Å². The zero-order valence-electron chi connectivity index (χ0n) is 12.1. The summed E-state index contributed by atoms with van der Waals surface area (Å²) in [6, 6.07) is 8.62. The van der Waals surface area contributed by atoms with Gasteiger partial charge in [0.25, 0.3) is 0 Å². The molecule has 2 aromatic rings. The maximum atomic E-state index is 5.75. The number of rotatable bonds is 4. The highest BCUT2D eigenvalue weighted by molar-refractivity contribution is 5.31. The predicted octanol–water partition coefficient (Wildman–Crippen LogP) is 2.09. The van der Waals surface area contributed by atoms with E-state index in [1.165, 1.54) is 16.7 Å². The van der Waals surface area contributed by atoms with Crippen molar-refractivity contribution in [2.24, 2.45) is 12.9 Å². The lowest BCUT2D eigenvalue weighted by atomic mass is 9.97. The largest absolute Gasteiger partial charge is 0.272 e. The number of hydrogen-bond donors (Lipinski definition) is 2. The van der Waals surface area contributed by atoms with Gasteiger partial charge in [0.05, 0.1) is 11.7 Å². The maximum absolute atomic E-state index is 5.75. The summed E-state index contributed by atoms with van der Waals surface area (Å²) in [5.74, 6) is 5.75. The molecule has 0 radical (unpaired) electrons. The molecule has 0 amide bonds. The van der Waals surface area contributed by atoms with Gasteiger partial charge in [-0.1, -0.05) is 29.8 Å². The fourth-order valence-electron chi connectivity index (χ4n) is 2.61. The molecule has 1 unspecified atom stereocenters. The van der Waals surface area contributed by atoms with Gasteiger partial charge in [-0.2, -0.15) is 5.10 Å². The Kier molecular flexibility index (Phi) is 4.02. The van der Waals surface area contributed by atoms with Gasteiger partial charge < -0.3 is 0 Å². The summed E-state index contributed by atoms with van der Waals surface area (Å²) in [7, 11) is 1.96. The SMILES string of the molecule is Cc1cccc(CC(NN)c2c(C)nn(C)c2C)c1. The Bertz CT molecular complexity index is 572. The van der Waals surface area contributed by atoms with Crippen LogP contribution in [0.4, 0.5) is 0 Å². The Balaban J connectivity index is 2.30. The van der Waals surface area contributed by atoms with E-state index in [-0.39, 0.29) is 6.04 Å². The van der Waals surface area contributed by atoms with Crippen molar-refractivity contribution in [2.75, 3.05) is 0 Å². The van der Waals surface area contributed by atoms with E-state index in [0.717, 1.165) is 17.8 Å². The summed E-state index contributed by atoms with van der Waals surface area (Å²) in [6.07, 6.45) is 0.867. The summed E-state index contributed by atoms with van der Waals surface area (Å²) in [6.45, 7) is 6.22. The molecule has 3 N–H and O–H groups in total. The van der Waals surface area contributed by atoms with Crippen molar-refractivity contribution in [2.45, 2.75) is 33.2 Å². The molecule has 0 aliphatic carbocycles. The van der Waals surface area contributed by atoms with Crippen molar-refractivity contribution in [3.05, 3.63) is 52.3 Å². The molecule has 0 fully saturated rings. The predicted molar refractivity (Wildman–Crippen MR) is 77.6 cm³/mol. The number of nitrogens with one attached hydrogen (secondary N) is 1. The van der Waals surface area contributed by atoms with Gasteiger partial charge in [-0.15, -0.1) is 0 Å².